The third-order valence-corrected chi connectivity index (χ3v) is 4.12. The first kappa shape index (κ1) is 15.8. The van der Waals surface area contributed by atoms with Gasteiger partial charge in [0.05, 0.1) is 12.2 Å². The lowest BCUT2D eigenvalue weighted by Gasteiger charge is -2.22. The van der Waals surface area contributed by atoms with Gasteiger partial charge in [-0.1, -0.05) is 0 Å². The van der Waals surface area contributed by atoms with E-state index in [0.717, 1.165) is 25.9 Å². The quantitative estimate of drug-likeness (QED) is 0.500. The van der Waals surface area contributed by atoms with Gasteiger partial charge in [-0.3, -0.25) is 9.59 Å². The summed E-state index contributed by atoms with van der Waals surface area (Å²) in [6.07, 6.45) is 1.35. The van der Waals surface area contributed by atoms with Gasteiger partial charge in [0, 0.05) is 5.25 Å². The van der Waals surface area contributed by atoms with E-state index in [0.29, 0.717) is 5.25 Å². The molecule has 4 N–H and O–H groups in total. The first-order valence-electron chi connectivity index (χ1n) is 6.05. The lowest BCUT2D eigenvalue weighted by atomic mass is 10.2. The number of hydrogen-bond acceptors (Lipinski definition) is 5. The van der Waals surface area contributed by atoms with Crippen molar-refractivity contribution in [2.24, 2.45) is 0 Å². The van der Waals surface area contributed by atoms with Crippen LogP contribution in [-0.2, 0) is 14.4 Å². The van der Waals surface area contributed by atoms with Crippen molar-refractivity contribution in [1.82, 2.24) is 10.6 Å². The molecule has 0 saturated carbocycles. The van der Waals surface area contributed by atoms with E-state index in [2.05, 4.69) is 10.6 Å². The molecule has 19 heavy (non-hydrogen) atoms. The number of carboxylic acid groups (broad SMARTS) is 2. The van der Waals surface area contributed by atoms with E-state index in [1.54, 1.807) is 0 Å². The second-order valence-electron chi connectivity index (χ2n) is 4.32. The molecule has 108 valence electrons. The molecule has 8 heteroatoms. The van der Waals surface area contributed by atoms with Crippen LogP contribution in [0.1, 0.15) is 19.3 Å². The van der Waals surface area contributed by atoms with Crippen LogP contribution in [0.15, 0.2) is 0 Å². The highest BCUT2D eigenvalue weighted by atomic mass is 32.2. The van der Waals surface area contributed by atoms with E-state index in [9.17, 15) is 14.4 Å². The number of carboxylic acids is 2. The fourth-order valence-corrected chi connectivity index (χ4v) is 2.81. The van der Waals surface area contributed by atoms with Crippen molar-refractivity contribution in [2.45, 2.75) is 30.6 Å². The average molecular weight is 290 g/mol. The van der Waals surface area contributed by atoms with Crippen molar-refractivity contribution in [3.05, 3.63) is 0 Å². The van der Waals surface area contributed by atoms with Crippen LogP contribution in [0.2, 0.25) is 0 Å². The van der Waals surface area contributed by atoms with Crippen molar-refractivity contribution >= 4 is 29.6 Å². The summed E-state index contributed by atoms with van der Waals surface area (Å²) in [5.41, 5.74) is 0. The molecule has 0 aliphatic carbocycles. The largest absolute Gasteiger partial charge is 0.481 e. The molecule has 0 bridgehead atoms. The summed E-state index contributed by atoms with van der Waals surface area (Å²) in [6.45, 7) is 1.85. The fourth-order valence-electron chi connectivity index (χ4n) is 1.77. The SMILES string of the molecule is O=C(O)CC(NC(=O)CSC1CCNCC1)C(=O)O. The van der Waals surface area contributed by atoms with E-state index in [4.69, 9.17) is 10.2 Å². The number of aliphatic carboxylic acids is 2. The summed E-state index contributed by atoms with van der Waals surface area (Å²) < 4.78 is 0. The number of hydrogen-bond donors (Lipinski definition) is 4. The van der Waals surface area contributed by atoms with E-state index >= 15 is 0 Å². The molecule has 1 rings (SSSR count). The minimum Gasteiger partial charge on any atom is -0.481 e. The number of carbonyl (C=O) groups is 3. The zero-order valence-electron chi connectivity index (χ0n) is 10.4. The highest BCUT2D eigenvalue weighted by Crippen LogP contribution is 2.19. The molecule has 0 aromatic carbocycles. The maximum absolute atomic E-state index is 11.6. The Hall–Kier alpha value is -1.28. The van der Waals surface area contributed by atoms with E-state index in [1.807, 2.05) is 0 Å². The zero-order chi connectivity index (χ0) is 14.3. The first-order chi connectivity index (χ1) is 8.99. The van der Waals surface area contributed by atoms with Crippen molar-refractivity contribution < 1.29 is 24.6 Å². The van der Waals surface area contributed by atoms with Crippen LogP contribution >= 0.6 is 11.8 Å². The van der Waals surface area contributed by atoms with Crippen molar-refractivity contribution in [1.29, 1.82) is 0 Å². The van der Waals surface area contributed by atoms with Gasteiger partial charge in [-0.25, -0.2) is 4.79 Å². The van der Waals surface area contributed by atoms with E-state index < -0.39 is 30.3 Å². The number of thioether (sulfide) groups is 1. The third-order valence-electron chi connectivity index (χ3n) is 2.75. The Morgan fingerprint density at radius 3 is 2.42 bits per heavy atom. The molecule has 1 amide bonds. The van der Waals surface area contributed by atoms with Crippen LogP contribution in [0.3, 0.4) is 0 Å². The van der Waals surface area contributed by atoms with Gasteiger partial charge in [-0.05, 0) is 25.9 Å². The molecule has 1 saturated heterocycles. The van der Waals surface area contributed by atoms with Gasteiger partial charge in [-0.15, -0.1) is 11.8 Å². The van der Waals surface area contributed by atoms with Crippen LogP contribution in [0.4, 0.5) is 0 Å². The predicted octanol–water partition coefficient (Wildman–Crippen LogP) is -0.484. The van der Waals surface area contributed by atoms with Gasteiger partial charge < -0.3 is 20.8 Å². The number of rotatable bonds is 7. The van der Waals surface area contributed by atoms with Crippen molar-refractivity contribution in [3.8, 4) is 0 Å². The molecule has 0 radical (unpaired) electrons. The lowest BCUT2D eigenvalue weighted by Crippen LogP contribution is -2.43. The minimum atomic E-state index is -1.36. The first-order valence-corrected chi connectivity index (χ1v) is 7.10. The number of amides is 1. The molecule has 0 aromatic heterocycles. The monoisotopic (exact) mass is 290 g/mol. The average Bonchev–Trinajstić information content (AvgIpc) is 2.36. The maximum atomic E-state index is 11.6. The molecule has 1 heterocycles. The molecular weight excluding hydrogens is 272 g/mol. The molecular formula is C11H18N2O5S. The molecule has 0 spiro atoms. The Morgan fingerprint density at radius 1 is 1.26 bits per heavy atom. The summed E-state index contributed by atoms with van der Waals surface area (Å²) in [7, 11) is 0. The van der Waals surface area contributed by atoms with Crippen molar-refractivity contribution in [3.63, 3.8) is 0 Å². The zero-order valence-corrected chi connectivity index (χ0v) is 11.2. The van der Waals surface area contributed by atoms with Gasteiger partial charge in [0.25, 0.3) is 0 Å². The summed E-state index contributed by atoms with van der Waals surface area (Å²) in [6, 6.07) is -1.36. The second-order valence-corrected chi connectivity index (χ2v) is 5.61. The highest BCUT2D eigenvalue weighted by Gasteiger charge is 2.23. The third kappa shape index (κ3) is 6.44. The second kappa shape index (κ2) is 8.00. The number of nitrogens with one attached hydrogen (secondary N) is 2. The molecule has 1 atom stereocenters. The van der Waals surface area contributed by atoms with E-state index in [-0.39, 0.29) is 5.75 Å². The maximum Gasteiger partial charge on any atom is 0.326 e. The van der Waals surface area contributed by atoms with Crippen LogP contribution in [-0.4, -0.2) is 58.2 Å². The Bertz CT molecular complexity index is 344. The smallest absolute Gasteiger partial charge is 0.326 e. The van der Waals surface area contributed by atoms with Gasteiger partial charge in [0.2, 0.25) is 5.91 Å². The van der Waals surface area contributed by atoms with Crippen molar-refractivity contribution in [2.75, 3.05) is 18.8 Å². The molecule has 7 nitrogen and oxygen atoms in total. The number of piperidine rings is 1. The topological polar surface area (TPSA) is 116 Å². The summed E-state index contributed by atoms with van der Waals surface area (Å²) in [5, 5.41) is 23.2. The molecule has 1 unspecified atom stereocenters. The fraction of sp³-hybridized carbons (Fsp3) is 0.727. The van der Waals surface area contributed by atoms with E-state index in [1.165, 1.54) is 11.8 Å². The lowest BCUT2D eigenvalue weighted by molar-refractivity contribution is -0.147. The van der Waals surface area contributed by atoms with Gasteiger partial charge in [0.15, 0.2) is 0 Å². The molecule has 1 aliphatic rings. The summed E-state index contributed by atoms with van der Waals surface area (Å²) >= 11 is 1.49. The molecule has 1 fully saturated rings. The predicted molar refractivity (Wildman–Crippen MR) is 70.2 cm³/mol. The Balaban J connectivity index is 2.31. The highest BCUT2D eigenvalue weighted by molar-refractivity contribution is 8.00. The van der Waals surface area contributed by atoms with Gasteiger partial charge >= 0.3 is 11.9 Å². The van der Waals surface area contributed by atoms with Gasteiger partial charge in [0.1, 0.15) is 6.04 Å². The van der Waals surface area contributed by atoms with Crippen LogP contribution in [0.5, 0.6) is 0 Å². The minimum absolute atomic E-state index is 0.161. The summed E-state index contributed by atoms with van der Waals surface area (Å²) in [5.74, 6) is -2.85. The Kier molecular flexibility index (Phi) is 6.65. The Morgan fingerprint density at radius 2 is 1.89 bits per heavy atom. The number of carbonyl (C=O) groups excluding carboxylic acids is 1. The Labute approximate surface area is 115 Å². The van der Waals surface area contributed by atoms with Crippen LogP contribution in [0.25, 0.3) is 0 Å². The standard InChI is InChI=1S/C11H18N2O5S/c14-9(6-19-7-1-3-12-4-2-7)13-8(11(17)18)5-10(15)16/h7-8,12H,1-6H2,(H,13,14)(H,15,16)(H,17,18). The van der Waals surface area contributed by atoms with Gasteiger partial charge in [-0.2, -0.15) is 0 Å². The molecule has 1 aliphatic heterocycles. The van der Waals surface area contributed by atoms with Crippen LogP contribution < -0.4 is 10.6 Å². The normalized spacial score (nSPS) is 17.7. The molecule has 0 aromatic rings. The summed E-state index contributed by atoms with van der Waals surface area (Å²) in [4.78, 5) is 32.8. The van der Waals surface area contributed by atoms with Crippen LogP contribution in [0, 0.1) is 0 Å².